The highest BCUT2D eigenvalue weighted by Crippen LogP contribution is 2.37. The summed E-state index contributed by atoms with van der Waals surface area (Å²) in [6.45, 7) is 5.63. The molecule has 1 aliphatic rings. The number of nitrogens with zero attached hydrogens (tertiary/aromatic N) is 2. The molecule has 3 aromatic rings. The number of hydrogen-bond donors (Lipinski definition) is 3. The number of aromatic nitrogens is 2. The van der Waals surface area contributed by atoms with Crippen LogP contribution in [0.3, 0.4) is 0 Å². The van der Waals surface area contributed by atoms with Gasteiger partial charge >= 0.3 is 6.18 Å². The fraction of sp³-hybridized carbons (Fsp3) is 0.370. The number of aryl methyl sites for hydroxylation is 1. The molecule has 1 amide bonds. The molecule has 0 spiro atoms. The summed E-state index contributed by atoms with van der Waals surface area (Å²) in [5.41, 5.74) is 2.52. The average molecular weight is 499 g/mol. The third-order valence-electron chi connectivity index (χ3n) is 5.98. The lowest BCUT2D eigenvalue weighted by Crippen LogP contribution is -2.20. The number of aliphatic hydroxyl groups is 1. The minimum absolute atomic E-state index is 0.0314. The summed E-state index contributed by atoms with van der Waals surface area (Å²) in [7, 11) is 0. The Kier molecular flexibility index (Phi) is 7.04. The van der Waals surface area contributed by atoms with Crippen molar-refractivity contribution in [2.24, 2.45) is 5.41 Å². The molecule has 0 saturated heterocycles. The largest absolute Gasteiger partial charge is 0.416 e. The smallest absolute Gasteiger partial charge is 0.393 e. The molecular weight excluding hydrogens is 469 g/mol. The molecule has 4 rings (SSSR count). The first kappa shape index (κ1) is 25.6. The van der Waals surface area contributed by atoms with Crippen LogP contribution in [0.25, 0.3) is 11.3 Å². The maximum Gasteiger partial charge on any atom is 0.416 e. The molecule has 0 bridgehead atoms. The van der Waals surface area contributed by atoms with Crippen LogP contribution >= 0.6 is 0 Å². The number of rotatable bonds is 5. The van der Waals surface area contributed by atoms with Crippen LogP contribution < -0.4 is 10.6 Å². The number of amides is 1. The number of halogens is 3. The van der Waals surface area contributed by atoms with Crippen molar-refractivity contribution in [1.82, 2.24) is 9.97 Å². The Morgan fingerprint density at radius 2 is 1.86 bits per heavy atom. The lowest BCUT2D eigenvalue weighted by molar-refractivity contribution is -0.137. The number of benzene rings is 2. The van der Waals surface area contributed by atoms with E-state index in [2.05, 4.69) is 20.6 Å². The van der Waals surface area contributed by atoms with Gasteiger partial charge in [-0.3, -0.25) is 4.79 Å². The molecule has 1 unspecified atom stereocenters. The Hall–Kier alpha value is -3.46. The van der Waals surface area contributed by atoms with Gasteiger partial charge in [-0.15, -0.1) is 0 Å². The fourth-order valence-corrected chi connectivity index (χ4v) is 4.32. The van der Waals surface area contributed by atoms with Crippen LogP contribution in [0.2, 0.25) is 0 Å². The molecule has 0 saturated carbocycles. The monoisotopic (exact) mass is 498 g/mol. The van der Waals surface area contributed by atoms with Gasteiger partial charge in [-0.2, -0.15) is 13.2 Å². The Bertz CT molecular complexity index is 1270. The number of fused-ring (bicyclic) bond motifs is 1. The molecule has 1 aliphatic carbocycles. The van der Waals surface area contributed by atoms with Gasteiger partial charge in [0.1, 0.15) is 12.1 Å². The summed E-state index contributed by atoms with van der Waals surface area (Å²) in [4.78, 5) is 21.1. The van der Waals surface area contributed by atoms with Crippen molar-refractivity contribution in [2.45, 2.75) is 58.7 Å². The molecule has 1 atom stereocenters. The molecule has 1 aromatic heterocycles. The van der Waals surface area contributed by atoms with Crippen LogP contribution in [0.4, 0.5) is 30.4 Å². The number of hydrogen-bond acceptors (Lipinski definition) is 5. The maximum atomic E-state index is 13.4. The Morgan fingerprint density at radius 3 is 2.58 bits per heavy atom. The van der Waals surface area contributed by atoms with E-state index in [-0.39, 0.29) is 23.4 Å². The predicted molar refractivity (Wildman–Crippen MR) is 133 cm³/mol. The average Bonchev–Trinajstić information content (AvgIpc) is 2.78. The van der Waals surface area contributed by atoms with Gasteiger partial charge in [0, 0.05) is 30.2 Å². The van der Waals surface area contributed by atoms with E-state index in [1.807, 2.05) is 39.0 Å². The van der Waals surface area contributed by atoms with Crippen LogP contribution in [0.1, 0.15) is 50.3 Å². The molecule has 9 heteroatoms. The Morgan fingerprint density at radius 1 is 1.08 bits per heavy atom. The molecule has 36 heavy (non-hydrogen) atoms. The standard InChI is InChI=1S/C27H29F3N4O2/c1-26(2,3)14-25(36)34-23-11-17(27(28,29)30)8-10-19(23)22-13-24(32-15-31-22)33-21-6-4-5-16-7-9-18(35)12-20(16)21/h4-6,8,10-11,13,15,18,35H,7,9,12,14H2,1-3H3,(H,34,36)(H,31,32,33). The highest BCUT2D eigenvalue weighted by Gasteiger charge is 2.31. The van der Waals surface area contributed by atoms with Gasteiger partial charge in [0.15, 0.2) is 0 Å². The van der Waals surface area contributed by atoms with Crippen LogP contribution in [0.5, 0.6) is 0 Å². The van der Waals surface area contributed by atoms with E-state index in [4.69, 9.17) is 0 Å². The highest BCUT2D eigenvalue weighted by atomic mass is 19.4. The normalized spacial score (nSPS) is 15.8. The third-order valence-corrected chi connectivity index (χ3v) is 5.98. The number of carbonyl (C=O) groups is 1. The molecule has 1 heterocycles. The summed E-state index contributed by atoms with van der Waals surface area (Å²) in [5.74, 6) is 0.0604. The van der Waals surface area contributed by atoms with Crippen molar-refractivity contribution in [3.8, 4) is 11.3 Å². The van der Waals surface area contributed by atoms with E-state index in [0.717, 1.165) is 35.4 Å². The van der Waals surface area contributed by atoms with E-state index in [1.165, 1.54) is 12.4 Å². The van der Waals surface area contributed by atoms with E-state index in [1.54, 1.807) is 6.07 Å². The van der Waals surface area contributed by atoms with E-state index in [0.29, 0.717) is 29.9 Å². The van der Waals surface area contributed by atoms with Crippen molar-refractivity contribution in [2.75, 3.05) is 10.6 Å². The third kappa shape index (κ3) is 6.20. The molecule has 6 nitrogen and oxygen atoms in total. The molecule has 3 N–H and O–H groups in total. The van der Waals surface area contributed by atoms with Gasteiger partial charge in [0.25, 0.3) is 0 Å². The van der Waals surface area contributed by atoms with Crippen LogP contribution in [0.15, 0.2) is 48.8 Å². The van der Waals surface area contributed by atoms with Gasteiger partial charge < -0.3 is 15.7 Å². The summed E-state index contributed by atoms with van der Waals surface area (Å²) in [5, 5.41) is 16.0. The number of anilines is 3. The molecular formula is C27H29F3N4O2. The summed E-state index contributed by atoms with van der Waals surface area (Å²) >= 11 is 0. The number of aliphatic hydroxyl groups excluding tert-OH is 1. The first-order valence-electron chi connectivity index (χ1n) is 11.8. The van der Waals surface area contributed by atoms with Gasteiger partial charge in [0.2, 0.25) is 5.91 Å². The quantitative estimate of drug-likeness (QED) is 0.394. The number of nitrogens with one attached hydrogen (secondary N) is 2. The molecule has 0 radical (unpaired) electrons. The van der Waals surface area contributed by atoms with Gasteiger partial charge in [0.05, 0.1) is 23.0 Å². The first-order chi connectivity index (χ1) is 16.9. The zero-order valence-corrected chi connectivity index (χ0v) is 20.4. The minimum Gasteiger partial charge on any atom is -0.393 e. The molecule has 0 aliphatic heterocycles. The van der Waals surface area contributed by atoms with Crippen LogP contribution in [-0.2, 0) is 23.8 Å². The van der Waals surface area contributed by atoms with Crippen molar-refractivity contribution in [3.63, 3.8) is 0 Å². The van der Waals surface area contributed by atoms with Crippen LogP contribution in [0, 0.1) is 5.41 Å². The minimum atomic E-state index is -4.56. The maximum absolute atomic E-state index is 13.4. The zero-order chi connectivity index (χ0) is 26.1. The lowest BCUT2D eigenvalue weighted by Gasteiger charge is -2.23. The Labute approximate surface area is 208 Å². The predicted octanol–water partition coefficient (Wildman–Crippen LogP) is 6.13. The van der Waals surface area contributed by atoms with Crippen molar-refractivity contribution >= 4 is 23.1 Å². The van der Waals surface area contributed by atoms with Crippen molar-refractivity contribution in [3.05, 3.63) is 65.5 Å². The number of carbonyl (C=O) groups excluding carboxylic acids is 1. The second-order valence-corrected chi connectivity index (χ2v) is 10.3. The fourth-order valence-electron chi connectivity index (χ4n) is 4.32. The van der Waals surface area contributed by atoms with Crippen LogP contribution in [-0.4, -0.2) is 27.1 Å². The Balaban J connectivity index is 1.68. The van der Waals surface area contributed by atoms with E-state index < -0.39 is 17.8 Å². The van der Waals surface area contributed by atoms with E-state index in [9.17, 15) is 23.1 Å². The molecule has 0 fully saturated rings. The van der Waals surface area contributed by atoms with E-state index >= 15 is 0 Å². The second kappa shape index (κ2) is 9.89. The number of alkyl halides is 3. The SMILES string of the molecule is CC(C)(C)CC(=O)Nc1cc(C(F)(F)F)ccc1-c1cc(Nc2cccc3c2CC(O)CC3)ncn1. The lowest BCUT2D eigenvalue weighted by atomic mass is 9.88. The first-order valence-corrected chi connectivity index (χ1v) is 11.8. The van der Waals surface area contributed by atoms with Gasteiger partial charge in [-0.05, 0) is 47.6 Å². The molecule has 190 valence electrons. The van der Waals surface area contributed by atoms with Crippen molar-refractivity contribution in [1.29, 1.82) is 0 Å². The molecule has 2 aromatic carbocycles. The zero-order valence-electron chi connectivity index (χ0n) is 20.4. The summed E-state index contributed by atoms with van der Waals surface area (Å²) < 4.78 is 40.2. The second-order valence-electron chi connectivity index (χ2n) is 10.3. The summed E-state index contributed by atoms with van der Waals surface area (Å²) in [6.07, 6.45) is -1.48. The topological polar surface area (TPSA) is 87.1 Å². The summed E-state index contributed by atoms with van der Waals surface area (Å²) in [6, 6.07) is 10.7. The van der Waals surface area contributed by atoms with Gasteiger partial charge in [-0.25, -0.2) is 9.97 Å². The van der Waals surface area contributed by atoms with Crippen molar-refractivity contribution < 1.29 is 23.1 Å². The van der Waals surface area contributed by atoms with Gasteiger partial charge in [-0.1, -0.05) is 39.0 Å². The highest BCUT2D eigenvalue weighted by molar-refractivity contribution is 5.95.